The van der Waals surface area contributed by atoms with Gasteiger partial charge in [-0.15, -0.1) is 0 Å². The zero-order valence-electron chi connectivity index (χ0n) is 9.68. The first-order chi connectivity index (χ1) is 7.75. The average molecular weight is 235 g/mol. The van der Waals surface area contributed by atoms with Crippen LogP contribution in [0.2, 0.25) is 0 Å². The van der Waals surface area contributed by atoms with Crippen molar-refractivity contribution in [1.82, 2.24) is 10.3 Å². The van der Waals surface area contributed by atoms with Gasteiger partial charge in [-0.25, -0.2) is 0 Å². The fourth-order valence-corrected chi connectivity index (χ4v) is 2.70. The van der Waals surface area contributed by atoms with E-state index in [0.717, 1.165) is 16.6 Å². The molecule has 0 bridgehead atoms. The van der Waals surface area contributed by atoms with E-state index < -0.39 is 0 Å². The number of nitrogens with zero attached hydrogens (tertiary/aromatic N) is 2. The van der Waals surface area contributed by atoms with Gasteiger partial charge in [0.2, 0.25) is 0 Å². The van der Waals surface area contributed by atoms with Crippen molar-refractivity contribution in [1.29, 1.82) is 0 Å². The molecule has 0 aliphatic carbocycles. The number of pyridine rings is 1. The number of aromatic nitrogens is 1. The second-order valence-electron chi connectivity index (χ2n) is 4.25. The third-order valence-electron chi connectivity index (χ3n) is 2.62. The fraction of sp³-hybridized carbons (Fsp3) is 0.500. The van der Waals surface area contributed by atoms with Gasteiger partial charge in [-0.1, -0.05) is 31.7 Å². The highest BCUT2D eigenvalue weighted by Gasteiger charge is 2.22. The first-order valence-electron chi connectivity index (χ1n) is 5.59. The van der Waals surface area contributed by atoms with Gasteiger partial charge < -0.3 is 5.32 Å². The van der Waals surface area contributed by atoms with Gasteiger partial charge in [0.15, 0.2) is 5.17 Å². The van der Waals surface area contributed by atoms with E-state index in [-0.39, 0.29) is 0 Å². The van der Waals surface area contributed by atoms with E-state index in [0.29, 0.717) is 18.5 Å². The van der Waals surface area contributed by atoms with E-state index in [4.69, 9.17) is 0 Å². The van der Waals surface area contributed by atoms with E-state index in [2.05, 4.69) is 29.1 Å². The van der Waals surface area contributed by atoms with Crippen LogP contribution >= 0.6 is 11.8 Å². The van der Waals surface area contributed by atoms with Crippen LogP contribution < -0.4 is 5.32 Å². The standard InChI is InChI=1S/C12H17N3S/c1-9(2)11-8-16-12(15-11)14-7-10-5-3-4-6-13-10/h3-6,9,11H,7-8H2,1-2H3,(H,14,15)/t11-/m1/s1. The van der Waals surface area contributed by atoms with Crippen LogP contribution in [0.3, 0.4) is 0 Å². The summed E-state index contributed by atoms with van der Waals surface area (Å²) in [6, 6.07) is 6.49. The lowest BCUT2D eigenvalue weighted by Gasteiger charge is -2.12. The van der Waals surface area contributed by atoms with Crippen molar-refractivity contribution >= 4 is 16.9 Å². The summed E-state index contributed by atoms with van der Waals surface area (Å²) in [5.74, 6) is 1.79. The first kappa shape index (κ1) is 11.5. The van der Waals surface area contributed by atoms with Gasteiger partial charge in [0, 0.05) is 18.0 Å². The molecule has 86 valence electrons. The van der Waals surface area contributed by atoms with Gasteiger partial charge in [-0.3, -0.25) is 9.98 Å². The van der Waals surface area contributed by atoms with Gasteiger partial charge in [0.05, 0.1) is 12.2 Å². The summed E-state index contributed by atoms with van der Waals surface area (Å²) in [6.45, 7) is 5.14. The van der Waals surface area contributed by atoms with Crippen LogP contribution in [-0.2, 0) is 6.54 Å². The van der Waals surface area contributed by atoms with Crippen molar-refractivity contribution in [3.05, 3.63) is 30.1 Å². The van der Waals surface area contributed by atoms with Crippen molar-refractivity contribution < 1.29 is 0 Å². The summed E-state index contributed by atoms with van der Waals surface area (Å²) in [7, 11) is 0. The van der Waals surface area contributed by atoms with Crippen molar-refractivity contribution in [2.45, 2.75) is 26.4 Å². The molecule has 0 aromatic carbocycles. The Morgan fingerprint density at radius 3 is 3.06 bits per heavy atom. The van der Waals surface area contributed by atoms with Crippen molar-refractivity contribution in [3.8, 4) is 0 Å². The predicted octanol–water partition coefficient (Wildman–Crippen LogP) is 2.30. The number of hydrogen-bond donors (Lipinski definition) is 1. The molecule has 0 saturated carbocycles. The van der Waals surface area contributed by atoms with Crippen LogP contribution in [0.1, 0.15) is 19.5 Å². The zero-order valence-corrected chi connectivity index (χ0v) is 10.5. The monoisotopic (exact) mass is 235 g/mol. The number of nitrogens with one attached hydrogen (secondary N) is 1. The molecule has 2 heterocycles. The Morgan fingerprint density at radius 2 is 2.44 bits per heavy atom. The van der Waals surface area contributed by atoms with Crippen LogP contribution in [-0.4, -0.2) is 21.9 Å². The molecule has 1 aliphatic heterocycles. The molecule has 1 fully saturated rings. The van der Waals surface area contributed by atoms with Gasteiger partial charge in [0.1, 0.15) is 0 Å². The Kier molecular flexibility index (Phi) is 3.83. The molecule has 4 heteroatoms. The summed E-state index contributed by atoms with van der Waals surface area (Å²) in [5, 5.41) is 4.51. The van der Waals surface area contributed by atoms with E-state index in [1.54, 1.807) is 0 Å². The predicted molar refractivity (Wildman–Crippen MR) is 69.6 cm³/mol. The smallest absolute Gasteiger partial charge is 0.157 e. The Morgan fingerprint density at radius 1 is 1.56 bits per heavy atom. The summed E-state index contributed by atoms with van der Waals surface area (Å²) in [6.07, 6.45) is 1.81. The molecule has 3 nitrogen and oxygen atoms in total. The molecular weight excluding hydrogens is 218 g/mol. The molecule has 1 N–H and O–H groups in total. The Balaban J connectivity index is 1.90. The van der Waals surface area contributed by atoms with E-state index in [1.165, 1.54) is 0 Å². The second kappa shape index (κ2) is 5.34. The molecule has 2 rings (SSSR count). The SMILES string of the molecule is CC(C)[C@H]1CSC(=NCc2ccccn2)N1. The minimum absolute atomic E-state index is 0.562. The normalized spacial score (nSPS) is 22.7. The zero-order chi connectivity index (χ0) is 11.4. The molecule has 1 aromatic heterocycles. The van der Waals surface area contributed by atoms with Crippen LogP contribution in [0.25, 0.3) is 0 Å². The van der Waals surface area contributed by atoms with E-state index >= 15 is 0 Å². The lowest BCUT2D eigenvalue weighted by molar-refractivity contribution is 0.503. The molecule has 1 saturated heterocycles. The minimum atomic E-state index is 0.562. The van der Waals surface area contributed by atoms with Crippen molar-refractivity contribution in [2.24, 2.45) is 10.9 Å². The highest BCUT2D eigenvalue weighted by molar-refractivity contribution is 8.14. The van der Waals surface area contributed by atoms with Crippen molar-refractivity contribution in [2.75, 3.05) is 5.75 Å². The van der Waals surface area contributed by atoms with Gasteiger partial charge in [-0.05, 0) is 18.1 Å². The largest absolute Gasteiger partial charge is 0.361 e. The Labute approximate surface area is 101 Å². The molecule has 1 atom stereocenters. The van der Waals surface area contributed by atoms with Gasteiger partial charge >= 0.3 is 0 Å². The third-order valence-corrected chi connectivity index (χ3v) is 3.67. The summed E-state index contributed by atoms with van der Waals surface area (Å²) in [4.78, 5) is 8.78. The second-order valence-corrected chi connectivity index (χ2v) is 5.26. The fourth-order valence-electron chi connectivity index (χ4n) is 1.51. The maximum atomic E-state index is 4.53. The third kappa shape index (κ3) is 2.98. The molecular formula is C12H17N3S. The number of thioether (sulfide) groups is 1. The molecule has 0 unspecified atom stereocenters. The maximum absolute atomic E-state index is 4.53. The lowest BCUT2D eigenvalue weighted by Crippen LogP contribution is -2.31. The quantitative estimate of drug-likeness (QED) is 0.873. The molecule has 1 aliphatic rings. The van der Waals surface area contributed by atoms with Crippen molar-refractivity contribution in [3.63, 3.8) is 0 Å². The summed E-state index contributed by atoms with van der Waals surface area (Å²) < 4.78 is 0. The topological polar surface area (TPSA) is 37.3 Å². The van der Waals surface area contributed by atoms with Crippen LogP contribution in [0.5, 0.6) is 0 Å². The van der Waals surface area contributed by atoms with E-state index in [1.807, 2.05) is 36.2 Å². The summed E-state index contributed by atoms with van der Waals surface area (Å²) in [5.41, 5.74) is 1.02. The molecule has 16 heavy (non-hydrogen) atoms. The van der Waals surface area contributed by atoms with Gasteiger partial charge in [0.25, 0.3) is 0 Å². The number of aliphatic imine (C=N–C) groups is 1. The van der Waals surface area contributed by atoms with E-state index in [9.17, 15) is 0 Å². The van der Waals surface area contributed by atoms with Crippen LogP contribution in [0.15, 0.2) is 29.4 Å². The van der Waals surface area contributed by atoms with Crippen LogP contribution in [0, 0.1) is 5.92 Å². The van der Waals surface area contributed by atoms with Gasteiger partial charge in [-0.2, -0.15) is 0 Å². The number of rotatable bonds is 3. The number of amidine groups is 1. The molecule has 1 aromatic rings. The Bertz CT molecular complexity index is 362. The Hall–Kier alpha value is -1.03. The lowest BCUT2D eigenvalue weighted by atomic mass is 10.1. The maximum Gasteiger partial charge on any atom is 0.157 e. The number of hydrogen-bond acceptors (Lipinski definition) is 3. The average Bonchev–Trinajstić information content (AvgIpc) is 2.76. The summed E-state index contributed by atoms with van der Waals surface area (Å²) >= 11 is 1.81. The highest BCUT2D eigenvalue weighted by atomic mass is 32.2. The molecule has 0 amide bonds. The first-order valence-corrected chi connectivity index (χ1v) is 6.58. The van der Waals surface area contributed by atoms with Crippen LogP contribution in [0.4, 0.5) is 0 Å². The molecule has 0 spiro atoms. The highest BCUT2D eigenvalue weighted by Crippen LogP contribution is 2.19. The minimum Gasteiger partial charge on any atom is -0.361 e. The molecule has 0 radical (unpaired) electrons.